The van der Waals surface area contributed by atoms with Gasteiger partial charge in [-0.3, -0.25) is 0 Å². The molecule has 0 bridgehead atoms. The molecule has 0 saturated carbocycles. The summed E-state index contributed by atoms with van der Waals surface area (Å²) in [5.74, 6) is 1.50. The molecule has 0 radical (unpaired) electrons. The van der Waals surface area contributed by atoms with Crippen LogP contribution in [0.4, 0.5) is 0 Å². The molecule has 1 aromatic carbocycles. The second-order valence-electron chi connectivity index (χ2n) is 6.79. The molecule has 1 rings (SSSR count). The first kappa shape index (κ1) is 17.5. The monoisotopic (exact) mass is 341 g/mol. The number of hydrogen-bond acceptors (Lipinski definition) is 2. The van der Waals surface area contributed by atoms with Gasteiger partial charge >= 0.3 is 0 Å². The molecule has 1 N–H and O–H groups in total. The summed E-state index contributed by atoms with van der Waals surface area (Å²) in [6.07, 6.45) is 1.04. The predicted octanol–water partition coefficient (Wildman–Crippen LogP) is 4.66. The van der Waals surface area contributed by atoms with Crippen LogP contribution in [0.3, 0.4) is 0 Å². The largest absolute Gasteiger partial charge is 0.497 e. The van der Waals surface area contributed by atoms with Gasteiger partial charge in [-0.25, -0.2) is 0 Å². The fourth-order valence-corrected chi connectivity index (χ4v) is 2.57. The number of benzene rings is 1. The van der Waals surface area contributed by atoms with E-state index in [-0.39, 0.29) is 5.41 Å². The summed E-state index contributed by atoms with van der Waals surface area (Å²) in [5.41, 5.74) is 1.58. The number of halogens is 1. The molecule has 0 fully saturated rings. The van der Waals surface area contributed by atoms with Crippen molar-refractivity contribution in [3.8, 4) is 5.75 Å². The van der Waals surface area contributed by atoms with Crippen LogP contribution in [0.2, 0.25) is 0 Å². The van der Waals surface area contributed by atoms with E-state index < -0.39 is 0 Å². The van der Waals surface area contributed by atoms with Crippen molar-refractivity contribution < 1.29 is 4.74 Å². The van der Waals surface area contributed by atoms with Crippen molar-refractivity contribution in [1.29, 1.82) is 0 Å². The number of hydrogen-bond donors (Lipinski definition) is 1. The van der Waals surface area contributed by atoms with E-state index in [1.807, 2.05) is 6.07 Å². The van der Waals surface area contributed by atoms with Gasteiger partial charge in [-0.1, -0.05) is 50.5 Å². The van der Waals surface area contributed by atoms with E-state index in [4.69, 9.17) is 4.74 Å². The Morgan fingerprint density at radius 3 is 2.40 bits per heavy atom. The standard InChI is InChI=1S/C17H28BrNO/c1-12(2)19-11-14(17(3,4)5)9-13-10-15(20-6)7-8-16(13)18/h7-8,10,12,14,19H,9,11H2,1-6H3. The van der Waals surface area contributed by atoms with Crippen molar-refractivity contribution >= 4 is 15.9 Å². The van der Waals surface area contributed by atoms with Gasteiger partial charge in [-0.05, 0) is 48.1 Å². The molecule has 114 valence electrons. The highest BCUT2D eigenvalue weighted by Gasteiger charge is 2.25. The van der Waals surface area contributed by atoms with Crippen LogP contribution in [-0.2, 0) is 6.42 Å². The Hall–Kier alpha value is -0.540. The molecule has 3 heteroatoms. The maximum absolute atomic E-state index is 5.34. The van der Waals surface area contributed by atoms with Gasteiger partial charge < -0.3 is 10.1 Å². The Morgan fingerprint density at radius 1 is 1.25 bits per heavy atom. The molecule has 1 aromatic rings. The third-order valence-electron chi connectivity index (χ3n) is 3.72. The third kappa shape index (κ3) is 5.45. The third-order valence-corrected chi connectivity index (χ3v) is 4.49. The lowest BCUT2D eigenvalue weighted by Crippen LogP contribution is -2.36. The normalized spacial score (nSPS) is 13.6. The van der Waals surface area contributed by atoms with Crippen molar-refractivity contribution in [2.24, 2.45) is 11.3 Å². The minimum atomic E-state index is 0.268. The second-order valence-corrected chi connectivity index (χ2v) is 7.64. The van der Waals surface area contributed by atoms with Crippen LogP contribution >= 0.6 is 15.9 Å². The van der Waals surface area contributed by atoms with Gasteiger partial charge in [0, 0.05) is 10.5 Å². The van der Waals surface area contributed by atoms with E-state index in [1.54, 1.807) is 7.11 Å². The highest BCUT2D eigenvalue weighted by Crippen LogP contribution is 2.32. The van der Waals surface area contributed by atoms with Gasteiger partial charge in [0.2, 0.25) is 0 Å². The molecular weight excluding hydrogens is 314 g/mol. The number of nitrogens with one attached hydrogen (secondary N) is 1. The summed E-state index contributed by atoms with van der Waals surface area (Å²) >= 11 is 3.66. The average Bonchev–Trinajstić information content (AvgIpc) is 2.34. The molecule has 20 heavy (non-hydrogen) atoms. The predicted molar refractivity (Wildman–Crippen MR) is 90.5 cm³/mol. The smallest absolute Gasteiger partial charge is 0.119 e. The van der Waals surface area contributed by atoms with Crippen molar-refractivity contribution in [3.05, 3.63) is 28.2 Å². The minimum Gasteiger partial charge on any atom is -0.497 e. The first-order valence-corrected chi connectivity index (χ1v) is 8.09. The number of rotatable bonds is 6. The van der Waals surface area contributed by atoms with Crippen molar-refractivity contribution in [1.82, 2.24) is 5.32 Å². The lowest BCUT2D eigenvalue weighted by molar-refractivity contribution is 0.226. The van der Waals surface area contributed by atoms with Crippen molar-refractivity contribution in [3.63, 3.8) is 0 Å². The van der Waals surface area contributed by atoms with E-state index in [2.05, 4.69) is 68.0 Å². The van der Waals surface area contributed by atoms with E-state index in [9.17, 15) is 0 Å². The van der Waals surface area contributed by atoms with Crippen LogP contribution in [-0.4, -0.2) is 19.7 Å². The quantitative estimate of drug-likeness (QED) is 0.812. The molecule has 0 aliphatic carbocycles. The Balaban J connectivity index is 2.89. The molecule has 0 heterocycles. The van der Waals surface area contributed by atoms with Crippen LogP contribution in [0.25, 0.3) is 0 Å². The van der Waals surface area contributed by atoms with E-state index in [0.29, 0.717) is 12.0 Å². The number of ether oxygens (including phenoxy) is 1. The molecule has 2 nitrogen and oxygen atoms in total. The SMILES string of the molecule is COc1ccc(Br)c(CC(CNC(C)C)C(C)(C)C)c1. The van der Waals surface area contributed by atoms with Crippen LogP contribution in [0.15, 0.2) is 22.7 Å². The Bertz CT molecular complexity index is 423. The molecule has 0 saturated heterocycles. The summed E-state index contributed by atoms with van der Waals surface area (Å²) in [7, 11) is 1.72. The van der Waals surface area contributed by atoms with Gasteiger partial charge in [0.25, 0.3) is 0 Å². The van der Waals surface area contributed by atoms with Gasteiger partial charge in [-0.2, -0.15) is 0 Å². The maximum Gasteiger partial charge on any atom is 0.119 e. The summed E-state index contributed by atoms with van der Waals surface area (Å²) < 4.78 is 6.50. The Morgan fingerprint density at radius 2 is 1.90 bits per heavy atom. The molecule has 1 unspecified atom stereocenters. The van der Waals surface area contributed by atoms with Crippen LogP contribution in [0.1, 0.15) is 40.2 Å². The fourth-order valence-electron chi connectivity index (χ4n) is 2.16. The van der Waals surface area contributed by atoms with Crippen LogP contribution < -0.4 is 10.1 Å². The summed E-state index contributed by atoms with van der Waals surface area (Å²) in [4.78, 5) is 0. The molecular formula is C17H28BrNO. The first-order valence-electron chi connectivity index (χ1n) is 7.30. The maximum atomic E-state index is 5.34. The highest BCUT2D eigenvalue weighted by molar-refractivity contribution is 9.10. The Labute approximate surface area is 132 Å². The zero-order valence-corrected chi connectivity index (χ0v) is 15.2. The lowest BCUT2D eigenvalue weighted by Gasteiger charge is -2.32. The lowest BCUT2D eigenvalue weighted by atomic mass is 9.77. The number of methoxy groups -OCH3 is 1. The first-order chi connectivity index (χ1) is 9.24. The highest BCUT2D eigenvalue weighted by atomic mass is 79.9. The zero-order valence-electron chi connectivity index (χ0n) is 13.6. The fraction of sp³-hybridized carbons (Fsp3) is 0.647. The molecule has 1 atom stereocenters. The van der Waals surface area contributed by atoms with Gasteiger partial charge in [0.1, 0.15) is 5.75 Å². The van der Waals surface area contributed by atoms with E-state index in [1.165, 1.54) is 5.56 Å². The molecule has 0 spiro atoms. The van der Waals surface area contributed by atoms with Gasteiger partial charge in [0.15, 0.2) is 0 Å². The minimum absolute atomic E-state index is 0.268. The van der Waals surface area contributed by atoms with Gasteiger partial charge in [0.05, 0.1) is 7.11 Å². The van der Waals surface area contributed by atoms with Crippen molar-refractivity contribution in [2.75, 3.05) is 13.7 Å². The van der Waals surface area contributed by atoms with Gasteiger partial charge in [-0.15, -0.1) is 0 Å². The molecule has 0 aliphatic rings. The molecule has 0 amide bonds. The van der Waals surface area contributed by atoms with E-state index in [0.717, 1.165) is 23.2 Å². The van der Waals surface area contributed by atoms with Crippen LogP contribution in [0, 0.1) is 11.3 Å². The van der Waals surface area contributed by atoms with Crippen molar-refractivity contribution in [2.45, 2.75) is 47.1 Å². The molecule has 0 aliphatic heterocycles. The Kier molecular flexibility index (Phi) is 6.53. The topological polar surface area (TPSA) is 21.3 Å². The second kappa shape index (κ2) is 7.46. The zero-order chi connectivity index (χ0) is 15.3. The summed E-state index contributed by atoms with van der Waals surface area (Å²) in [5, 5.41) is 3.57. The summed E-state index contributed by atoms with van der Waals surface area (Å²) in [6.45, 7) is 12.4. The van der Waals surface area contributed by atoms with Crippen LogP contribution in [0.5, 0.6) is 5.75 Å². The van der Waals surface area contributed by atoms with E-state index >= 15 is 0 Å². The molecule has 0 aromatic heterocycles. The average molecular weight is 342 g/mol. The summed E-state index contributed by atoms with van der Waals surface area (Å²) in [6, 6.07) is 6.72.